The van der Waals surface area contributed by atoms with E-state index in [4.69, 9.17) is 35.4 Å². The third kappa shape index (κ3) is 2.37. The highest BCUT2D eigenvalue weighted by atomic mass is 35.5. The van der Waals surface area contributed by atoms with Crippen LogP contribution in [0.4, 0.5) is 5.82 Å². The first-order chi connectivity index (χ1) is 10.4. The topological polar surface area (TPSA) is 66.9 Å². The standard InChI is InChI=1S/C14H11Cl2N3O2S/c1-19-12-11(13(21)18-14(19)22)6(5-9(20)17-12)10-7(15)3-2-4-8(10)16/h2-4,6H,5H2,1H3,(H,17,20)(H,18,21,22). The fourth-order valence-electron chi connectivity index (χ4n) is 2.67. The smallest absolute Gasteiger partial charge is 0.257 e. The van der Waals surface area contributed by atoms with Crippen LogP contribution in [0.1, 0.15) is 23.5 Å². The van der Waals surface area contributed by atoms with Crippen LogP contribution in [0.15, 0.2) is 23.0 Å². The number of H-pyrrole nitrogens is 1. The van der Waals surface area contributed by atoms with Gasteiger partial charge in [-0.2, -0.15) is 0 Å². The number of aromatic nitrogens is 2. The van der Waals surface area contributed by atoms with E-state index in [-0.39, 0.29) is 22.7 Å². The molecule has 0 fully saturated rings. The molecule has 0 radical (unpaired) electrons. The minimum Gasteiger partial charge on any atom is -0.312 e. The lowest BCUT2D eigenvalue weighted by Gasteiger charge is -2.27. The molecule has 3 rings (SSSR count). The number of hydrogen-bond acceptors (Lipinski definition) is 3. The molecule has 2 heterocycles. The van der Waals surface area contributed by atoms with Crippen LogP contribution in [0.3, 0.4) is 0 Å². The maximum Gasteiger partial charge on any atom is 0.257 e. The minimum atomic E-state index is -0.518. The molecule has 0 saturated heterocycles. The lowest BCUT2D eigenvalue weighted by molar-refractivity contribution is -0.116. The Labute approximate surface area is 140 Å². The van der Waals surface area contributed by atoms with E-state index < -0.39 is 5.92 Å². The number of carbonyl (C=O) groups is 1. The molecule has 5 nitrogen and oxygen atoms in total. The van der Waals surface area contributed by atoms with E-state index in [9.17, 15) is 9.59 Å². The quantitative estimate of drug-likeness (QED) is 0.771. The number of benzene rings is 1. The Balaban J connectivity index is 2.34. The molecular formula is C14H11Cl2N3O2S. The second-order valence-corrected chi connectivity index (χ2v) is 6.22. The molecule has 1 aliphatic rings. The van der Waals surface area contributed by atoms with Crippen LogP contribution in [0, 0.1) is 4.77 Å². The molecule has 1 aromatic carbocycles. The highest BCUT2D eigenvalue weighted by Crippen LogP contribution is 2.40. The van der Waals surface area contributed by atoms with E-state index in [1.165, 1.54) is 0 Å². The molecule has 1 amide bonds. The Morgan fingerprint density at radius 3 is 2.50 bits per heavy atom. The number of rotatable bonds is 1. The van der Waals surface area contributed by atoms with Crippen LogP contribution in [0.5, 0.6) is 0 Å². The molecule has 1 unspecified atom stereocenters. The van der Waals surface area contributed by atoms with E-state index >= 15 is 0 Å². The summed E-state index contributed by atoms with van der Waals surface area (Å²) >= 11 is 17.6. The van der Waals surface area contributed by atoms with E-state index in [0.29, 0.717) is 27.0 Å². The number of halogens is 2. The Morgan fingerprint density at radius 2 is 1.86 bits per heavy atom. The zero-order chi connectivity index (χ0) is 16.0. The van der Waals surface area contributed by atoms with Crippen molar-refractivity contribution in [1.82, 2.24) is 9.55 Å². The molecule has 2 N–H and O–H groups in total. The molecule has 114 valence electrons. The van der Waals surface area contributed by atoms with Crippen molar-refractivity contribution in [1.29, 1.82) is 0 Å². The third-order valence-electron chi connectivity index (χ3n) is 3.70. The molecule has 0 aliphatic carbocycles. The first-order valence-electron chi connectivity index (χ1n) is 6.47. The molecule has 0 spiro atoms. The van der Waals surface area contributed by atoms with Gasteiger partial charge in [-0.1, -0.05) is 29.3 Å². The zero-order valence-corrected chi connectivity index (χ0v) is 13.8. The minimum absolute atomic E-state index is 0.0936. The lowest BCUT2D eigenvalue weighted by atomic mass is 9.86. The average Bonchev–Trinajstić information content (AvgIpc) is 2.44. The second kappa shape index (κ2) is 5.53. The van der Waals surface area contributed by atoms with Crippen LogP contribution >= 0.6 is 35.4 Å². The molecule has 0 saturated carbocycles. The number of nitrogens with one attached hydrogen (secondary N) is 2. The summed E-state index contributed by atoms with van der Waals surface area (Å²) in [6.45, 7) is 0. The number of fused-ring (bicyclic) bond motifs is 1. The number of carbonyl (C=O) groups excluding carboxylic acids is 1. The van der Waals surface area contributed by atoms with Gasteiger partial charge in [0.15, 0.2) is 4.77 Å². The molecule has 8 heteroatoms. The molecule has 1 aliphatic heterocycles. The fourth-order valence-corrected chi connectivity index (χ4v) is 3.52. The maximum absolute atomic E-state index is 12.4. The highest BCUT2D eigenvalue weighted by molar-refractivity contribution is 7.71. The molecule has 1 atom stereocenters. The van der Waals surface area contributed by atoms with Crippen LogP contribution in [-0.4, -0.2) is 15.5 Å². The number of nitrogens with zero attached hydrogens (tertiary/aromatic N) is 1. The van der Waals surface area contributed by atoms with E-state index in [0.717, 1.165) is 0 Å². The van der Waals surface area contributed by atoms with Gasteiger partial charge in [-0.25, -0.2) is 0 Å². The van der Waals surface area contributed by atoms with Crippen molar-refractivity contribution < 1.29 is 4.79 Å². The zero-order valence-electron chi connectivity index (χ0n) is 11.4. The summed E-state index contributed by atoms with van der Waals surface area (Å²) in [5.41, 5.74) is 0.634. The van der Waals surface area contributed by atoms with Crippen molar-refractivity contribution in [3.05, 3.63) is 54.5 Å². The van der Waals surface area contributed by atoms with Gasteiger partial charge >= 0.3 is 0 Å². The predicted octanol–water partition coefficient (Wildman–Crippen LogP) is 3.22. The average molecular weight is 356 g/mol. The summed E-state index contributed by atoms with van der Waals surface area (Å²) in [6.07, 6.45) is 0.0936. The van der Waals surface area contributed by atoms with Crippen molar-refractivity contribution >= 4 is 47.1 Å². The molecule has 22 heavy (non-hydrogen) atoms. The normalized spacial score (nSPS) is 17.0. The van der Waals surface area contributed by atoms with Crippen molar-refractivity contribution in [3.63, 3.8) is 0 Å². The van der Waals surface area contributed by atoms with Crippen LogP contribution in [0.25, 0.3) is 0 Å². The maximum atomic E-state index is 12.4. The molecule has 2 aromatic rings. The van der Waals surface area contributed by atoms with Gasteiger partial charge in [0.2, 0.25) is 5.91 Å². The SMILES string of the molecule is Cn1c2c(c(=O)[nH]c1=S)C(c1c(Cl)cccc1Cl)CC(=O)N2. The monoisotopic (exact) mass is 355 g/mol. The molecule has 0 bridgehead atoms. The summed E-state index contributed by atoms with van der Waals surface area (Å²) in [4.78, 5) is 27.0. The van der Waals surface area contributed by atoms with Gasteiger partial charge in [0.05, 0.1) is 5.56 Å². The van der Waals surface area contributed by atoms with Crippen LogP contribution < -0.4 is 10.9 Å². The van der Waals surface area contributed by atoms with Crippen molar-refractivity contribution in [2.45, 2.75) is 12.3 Å². The number of anilines is 1. The van der Waals surface area contributed by atoms with Gasteiger partial charge in [0, 0.05) is 29.4 Å². The second-order valence-electron chi connectivity index (χ2n) is 5.02. The molecular weight excluding hydrogens is 345 g/mol. The van der Waals surface area contributed by atoms with Gasteiger partial charge in [0.1, 0.15) is 5.82 Å². The lowest BCUT2D eigenvalue weighted by Crippen LogP contribution is -2.33. The van der Waals surface area contributed by atoms with Crippen molar-refractivity contribution in [2.75, 3.05) is 5.32 Å². The summed E-state index contributed by atoms with van der Waals surface area (Å²) in [5, 5.41) is 3.54. The van der Waals surface area contributed by atoms with Crippen LogP contribution in [-0.2, 0) is 11.8 Å². The highest BCUT2D eigenvalue weighted by Gasteiger charge is 2.33. The Bertz CT molecular complexity index is 884. The number of hydrogen-bond donors (Lipinski definition) is 2. The van der Waals surface area contributed by atoms with Gasteiger partial charge in [0.25, 0.3) is 5.56 Å². The third-order valence-corrected chi connectivity index (χ3v) is 4.74. The molecule has 1 aromatic heterocycles. The van der Waals surface area contributed by atoms with Gasteiger partial charge in [-0.3, -0.25) is 14.6 Å². The van der Waals surface area contributed by atoms with E-state index in [1.54, 1.807) is 29.8 Å². The predicted molar refractivity (Wildman–Crippen MR) is 88.4 cm³/mol. The van der Waals surface area contributed by atoms with Gasteiger partial charge in [-0.05, 0) is 29.9 Å². The Kier molecular flexibility index (Phi) is 3.84. The van der Waals surface area contributed by atoms with Crippen molar-refractivity contribution in [3.8, 4) is 0 Å². The van der Waals surface area contributed by atoms with Gasteiger partial charge < -0.3 is 9.88 Å². The van der Waals surface area contributed by atoms with Gasteiger partial charge in [-0.15, -0.1) is 0 Å². The Morgan fingerprint density at radius 1 is 1.23 bits per heavy atom. The van der Waals surface area contributed by atoms with E-state index in [1.807, 2.05) is 0 Å². The summed E-state index contributed by atoms with van der Waals surface area (Å²) < 4.78 is 1.79. The van der Waals surface area contributed by atoms with Crippen molar-refractivity contribution in [2.24, 2.45) is 7.05 Å². The first-order valence-corrected chi connectivity index (χ1v) is 7.63. The largest absolute Gasteiger partial charge is 0.312 e. The Hall–Kier alpha value is -1.63. The van der Waals surface area contributed by atoms with E-state index in [2.05, 4.69) is 10.3 Å². The summed E-state index contributed by atoms with van der Waals surface area (Å²) in [7, 11) is 1.67. The summed E-state index contributed by atoms with van der Waals surface area (Å²) in [6, 6.07) is 5.09. The fraction of sp³-hybridized carbons (Fsp3) is 0.214. The summed E-state index contributed by atoms with van der Waals surface area (Å²) in [5.74, 6) is -0.356. The van der Waals surface area contributed by atoms with Crippen LogP contribution in [0.2, 0.25) is 10.0 Å². The number of aromatic amines is 1. The first kappa shape index (κ1) is 15.3. The number of amides is 1.